The largest absolute Gasteiger partial charge is 0.381 e. The molecule has 2 heterocycles. The average molecular weight is 340 g/mol. The predicted octanol–water partition coefficient (Wildman–Crippen LogP) is 2.78. The van der Waals surface area contributed by atoms with Crippen LogP contribution in [-0.2, 0) is 4.74 Å². The number of fused-ring (bicyclic) bond motifs is 2. The van der Waals surface area contributed by atoms with Crippen LogP contribution < -0.4 is 10.6 Å². The number of benzene rings is 2. The Morgan fingerprint density at radius 2 is 2.04 bits per heavy atom. The van der Waals surface area contributed by atoms with Gasteiger partial charge in [0.25, 0.3) is 11.8 Å². The van der Waals surface area contributed by atoms with Crippen molar-refractivity contribution in [3.63, 3.8) is 0 Å². The third kappa shape index (κ3) is 2.90. The van der Waals surface area contributed by atoms with Gasteiger partial charge in [0.15, 0.2) is 0 Å². The second kappa shape index (κ2) is 6.30. The molecule has 0 spiro atoms. The minimum atomic E-state index is -0.152. The zero-order valence-corrected chi connectivity index (χ0v) is 13.7. The van der Waals surface area contributed by atoms with E-state index in [1.807, 2.05) is 24.3 Å². The molecule has 2 aromatic rings. The summed E-state index contributed by atoms with van der Waals surface area (Å²) < 4.78 is 5.10. The number of nitrogens with one attached hydrogen (secondary N) is 2. The van der Waals surface area contributed by atoms with Crippen molar-refractivity contribution in [3.8, 4) is 0 Å². The Bertz CT molecular complexity index is 818. The number of hydrogen-bond acceptors (Lipinski definition) is 4. The zero-order valence-electron chi connectivity index (χ0n) is 12.9. The first kappa shape index (κ1) is 15.2. The molecule has 0 radical (unpaired) electrons. The molecule has 6 heteroatoms. The van der Waals surface area contributed by atoms with Crippen LogP contribution in [0.25, 0.3) is 0 Å². The molecule has 0 bridgehead atoms. The lowest BCUT2D eigenvalue weighted by Crippen LogP contribution is -2.39. The van der Waals surface area contributed by atoms with Crippen LogP contribution >= 0.6 is 11.8 Å². The first-order valence-electron chi connectivity index (χ1n) is 7.79. The molecule has 0 atom stereocenters. The summed E-state index contributed by atoms with van der Waals surface area (Å²) in [6.07, 6.45) is 0. The Balaban J connectivity index is 1.56. The van der Waals surface area contributed by atoms with E-state index in [0.717, 1.165) is 9.79 Å². The van der Waals surface area contributed by atoms with Crippen LogP contribution in [0, 0.1) is 5.92 Å². The van der Waals surface area contributed by atoms with E-state index in [-0.39, 0.29) is 11.8 Å². The lowest BCUT2D eigenvalue weighted by molar-refractivity contribution is -0.0298. The number of ether oxygens (including phenoxy) is 1. The van der Waals surface area contributed by atoms with Crippen molar-refractivity contribution in [1.82, 2.24) is 5.32 Å². The summed E-state index contributed by atoms with van der Waals surface area (Å²) >= 11 is 1.53. The maximum absolute atomic E-state index is 12.4. The second-order valence-corrected chi connectivity index (χ2v) is 6.96. The van der Waals surface area contributed by atoms with Gasteiger partial charge in [-0.05, 0) is 30.3 Å². The summed E-state index contributed by atoms with van der Waals surface area (Å²) in [6.45, 7) is 2.02. The van der Waals surface area contributed by atoms with Gasteiger partial charge in [-0.15, -0.1) is 0 Å². The van der Waals surface area contributed by atoms with Crippen molar-refractivity contribution in [2.45, 2.75) is 9.79 Å². The van der Waals surface area contributed by atoms with Gasteiger partial charge >= 0.3 is 0 Å². The Kier molecular flexibility index (Phi) is 4.00. The molecule has 24 heavy (non-hydrogen) atoms. The molecule has 0 aromatic heterocycles. The van der Waals surface area contributed by atoms with Crippen LogP contribution in [-0.4, -0.2) is 31.6 Å². The topological polar surface area (TPSA) is 67.4 Å². The zero-order chi connectivity index (χ0) is 16.5. The summed E-state index contributed by atoms with van der Waals surface area (Å²) in [7, 11) is 0. The molecule has 4 rings (SSSR count). The molecule has 2 amide bonds. The van der Waals surface area contributed by atoms with Gasteiger partial charge in [0.2, 0.25) is 0 Å². The van der Waals surface area contributed by atoms with E-state index in [1.54, 1.807) is 18.2 Å². The van der Waals surface area contributed by atoms with Crippen molar-refractivity contribution in [1.29, 1.82) is 0 Å². The summed E-state index contributed by atoms with van der Waals surface area (Å²) in [5.74, 6) is 0.117. The van der Waals surface area contributed by atoms with E-state index in [9.17, 15) is 9.59 Å². The molecule has 2 N–H and O–H groups in total. The van der Waals surface area contributed by atoms with Crippen LogP contribution in [0.2, 0.25) is 0 Å². The lowest BCUT2D eigenvalue weighted by Gasteiger charge is -2.25. The van der Waals surface area contributed by atoms with Gasteiger partial charge in [-0.2, -0.15) is 0 Å². The van der Waals surface area contributed by atoms with E-state index >= 15 is 0 Å². The van der Waals surface area contributed by atoms with Crippen molar-refractivity contribution < 1.29 is 14.3 Å². The maximum Gasteiger partial charge on any atom is 0.256 e. The van der Waals surface area contributed by atoms with E-state index in [4.69, 9.17) is 4.74 Å². The van der Waals surface area contributed by atoms with E-state index in [0.29, 0.717) is 42.5 Å². The van der Waals surface area contributed by atoms with Gasteiger partial charge in [0, 0.05) is 27.8 Å². The number of rotatable bonds is 3. The van der Waals surface area contributed by atoms with Crippen LogP contribution in [0.15, 0.2) is 52.3 Å². The predicted molar refractivity (Wildman–Crippen MR) is 91.6 cm³/mol. The van der Waals surface area contributed by atoms with Gasteiger partial charge in [-0.1, -0.05) is 23.9 Å². The highest BCUT2D eigenvalue weighted by atomic mass is 32.2. The summed E-state index contributed by atoms with van der Waals surface area (Å²) in [6, 6.07) is 12.9. The van der Waals surface area contributed by atoms with E-state index in [1.165, 1.54) is 11.8 Å². The summed E-state index contributed by atoms with van der Waals surface area (Å²) in [5, 5.41) is 5.81. The number of anilines is 1. The molecule has 0 unspecified atom stereocenters. The number of carbonyl (C=O) groups is 2. The summed E-state index contributed by atoms with van der Waals surface area (Å²) in [4.78, 5) is 26.5. The van der Waals surface area contributed by atoms with Gasteiger partial charge in [-0.3, -0.25) is 9.59 Å². The maximum atomic E-state index is 12.4. The van der Waals surface area contributed by atoms with Crippen LogP contribution in [0.4, 0.5) is 5.69 Å². The molecule has 0 aliphatic carbocycles. The average Bonchev–Trinajstić information content (AvgIpc) is 2.68. The molecular weight excluding hydrogens is 324 g/mol. The van der Waals surface area contributed by atoms with Crippen molar-refractivity contribution >= 4 is 29.3 Å². The fraction of sp³-hybridized carbons (Fsp3) is 0.222. The monoisotopic (exact) mass is 340 g/mol. The molecule has 2 aliphatic heterocycles. The van der Waals surface area contributed by atoms with Crippen LogP contribution in [0.5, 0.6) is 0 Å². The molecule has 2 aromatic carbocycles. The molecule has 2 aliphatic rings. The fourth-order valence-electron chi connectivity index (χ4n) is 2.65. The van der Waals surface area contributed by atoms with Crippen LogP contribution in [0.1, 0.15) is 20.7 Å². The first-order chi connectivity index (χ1) is 11.7. The van der Waals surface area contributed by atoms with E-state index < -0.39 is 0 Å². The number of carbonyl (C=O) groups excluding carboxylic acids is 2. The molecular formula is C18H16N2O3S. The molecule has 122 valence electrons. The normalized spacial score (nSPS) is 16.2. The Morgan fingerprint density at radius 1 is 1.21 bits per heavy atom. The third-order valence-electron chi connectivity index (χ3n) is 4.10. The van der Waals surface area contributed by atoms with Crippen molar-refractivity contribution in [3.05, 3.63) is 53.6 Å². The molecule has 1 fully saturated rings. The number of amides is 2. The molecule has 1 saturated heterocycles. The first-order valence-corrected chi connectivity index (χ1v) is 8.60. The third-order valence-corrected chi connectivity index (χ3v) is 5.25. The van der Waals surface area contributed by atoms with Crippen LogP contribution in [0.3, 0.4) is 0 Å². The Morgan fingerprint density at radius 3 is 2.83 bits per heavy atom. The molecule has 5 nitrogen and oxygen atoms in total. The highest BCUT2D eigenvalue weighted by Crippen LogP contribution is 2.38. The van der Waals surface area contributed by atoms with Gasteiger partial charge in [0.1, 0.15) is 0 Å². The quantitative estimate of drug-likeness (QED) is 0.902. The van der Waals surface area contributed by atoms with Gasteiger partial charge < -0.3 is 15.4 Å². The van der Waals surface area contributed by atoms with Gasteiger partial charge in [0.05, 0.1) is 24.5 Å². The van der Waals surface area contributed by atoms with Crippen molar-refractivity contribution in [2.24, 2.45) is 5.92 Å². The highest BCUT2D eigenvalue weighted by molar-refractivity contribution is 7.99. The SMILES string of the molecule is O=C(NCC1COC1)c1ccc2c(c1)NC(=O)c1ccccc1S2. The standard InChI is InChI=1S/C18H16N2O3S/c21-17(19-8-11-9-23-10-11)12-5-6-16-14(7-12)20-18(22)13-3-1-2-4-15(13)24-16/h1-7,11H,8-10H2,(H,19,21)(H,20,22). The van der Waals surface area contributed by atoms with Crippen molar-refractivity contribution in [2.75, 3.05) is 25.1 Å². The fourth-order valence-corrected chi connectivity index (χ4v) is 3.66. The van der Waals surface area contributed by atoms with E-state index in [2.05, 4.69) is 10.6 Å². The Hall–Kier alpha value is -2.31. The van der Waals surface area contributed by atoms with Gasteiger partial charge in [-0.25, -0.2) is 0 Å². The lowest BCUT2D eigenvalue weighted by atomic mass is 10.1. The Labute approximate surface area is 143 Å². The number of hydrogen-bond donors (Lipinski definition) is 2. The summed E-state index contributed by atoms with van der Waals surface area (Å²) in [5.41, 5.74) is 1.86. The smallest absolute Gasteiger partial charge is 0.256 e. The minimum Gasteiger partial charge on any atom is -0.381 e. The second-order valence-electron chi connectivity index (χ2n) is 5.88. The minimum absolute atomic E-state index is 0.134. The molecule has 0 saturated carbocycles. The highest BCUT2D eigenvalue weighted by Gasteiger charge is 2.22.